The molecule has 1 atom stereocenters. The van der Waals surface area contributed by atoms with Crippen LogP contribution < -0.4 is 10.5 Å². The van der Waals surface area contributed by atoms with Crippen molar-refractivity contribution < 1.29 is 4.74 Å². The highest BCUT2D eigenvalue weighted by Gasteiger charge is 2.32. The van der Waals surface area contributed by atoms with Crippen molar-refractivity contribution in [3.05, 3.63) is 40.2 Å². The Bertz CT molecular complexity index is 855. The smallest absolute Gasteiger partial charge is 0.248 e. The summed E-state index contributed by atoms with van der Waals surface area (Å²) in [5.74, 6) is 0. The summed E-state index contributed by atoms with van der Waals surface area (Å²) in [7, 11) is 4.36. The molecular weight excluding hydrogens is 340 g/mol. The molecule has 1 unspecified atom stereocenters. The van der Waals surface area contributed by atoms with Gasteiger partial charge in [0.05, 0.1) is 13.2 Å². The van der Waals surface area contributed by atoms with E-state index in [1.54, 1.807) is 6.07 Å². The number of rotatable bonds is 3. The maximum Gasteiger partial charge on any atom is 0.248 e. The van der Waals surface area contributed by atoms with Gasteiger partial charge in [0.25, 0.3) is 0 Å². The molecule has 0 amide bonds. The maximum absolute atomic E-state index is 11.7. The standard InChI is InChI=1S/C21H30N4O2/c1-15-12-20(26)22-19-5-4-17(13-18(15)19)25-10-11-27-14-21(25)24-8-6-16(7-9-24)23(2)3/h4-5,12-13,16,21H,6-11,14H2,1-3H3,(H,22,26). The molecule has 2 fully saturated rings. The molecule has 0 spiro atoms. The van der Waals surface area contributed by atoms with Gasteiger partial charge in [-0.15, -0.1) is 0 Å². The van der Waals surface area contributed by atoms with Gasteiger partial charge in [-0.05, 0) is 57.6 Å². The lowest BCUT2D eigenvalue weighted by atomic mass is 10.0. The lowest BCUT2D eigenvalue weighted by Crippen LogP contribution is -2.58. The number of benzene rings is 1. The number of anilines is 1. The van der Waals surface area contributed by atoms with Crippen LogP contribution >= 0.6 is 0 Å². The number of pyridine rings is 1. The normalized spacial score (nSPS) is 22.7. The number of piperidine rings is 1. The second-order valence-corrected chi connectivity index (χ2v) is 8.03. The van der Waals surface area contributed by atoms with Crippen molar-refractivity contribution in [2.24, 2.45) is 0 Å². The molecule has 0 aliphatic carbocycles. The van der Waals surface area contributed by atoms with Crippen LogP contribution in [0.5, 0.6) is 0 Å². The van der Waals surface area contributed by atoms with Gasteiger partial charge in [-0.1, -0.05) is 0 Å². The lowest BCUT2D eigenvalue weighted by molar-refractivity contribution is 0.0121. The highest BCUT2D eigenvalue weighted by atomic mass is 16.5. The summed E-state index contributed by atoms with van der Waals surface area (Å²) in [5.41, 5.74) is 3.09. The molecule has 0 saturated carbocycles. The van der Waals surface area contributed by atoms with E-state index >= 15 is 0 Å². The van der Waals surface area contributed by atoms with Crippen molar-refractivity contribution in [1.29, 1.82) is 0 Å². The number of fused-ring (bicyclic) bond motifs is 1. The van der Waals surface area contributed by atoms with Gasteiger partial charge in [0.15, 0.2) is 0 Å². The number of aromatic nitrogens is 1. The number of aryl methyl sites for hydroxylation is 1. The minimum Gasteiger partial charge on any atom is -0.376 e. The van der Waals surface area contributed by atoms with Crippen molar-refractivity contribution in [1.82, 2.24) is 14.8 Å². The number of ether oxygens (including phenoxy) is 1. The number of hydrogen-bond acceptors (Lipinski definition) is 5. The summed E-state index contributed by atoms with van der Waals surface area (Å²) >= 11 is 0. The van der Waals surface area contributed by atoms with E-state index in [4.69, 9.17) is 4.74 Å². The van der Waals surface area contributed by atoms with E-state index in [2.05, 4.69) is 45.9 Å². The summed E-state index contributed by atoms with van der Waals surface area (Å²) in [6, 6.07) is 8.73. The van der Waals surface area contributed by atoms with E-state index in [9.17, 15) is 4.79 Å². The van der Waals surface area contributed by atoms with Crippen LogP contribution in [0.2, 0.25) is 0 Å². The van der Waals surface area contributed by atoms with Crippen molar-refractivity contribution in [2.45, 2.75) is 32.0 Å². The lowest BCUT2D eigenvalue weighted by Gasteiger charge is -2.46. The SMILES string of the molecule is Cc1cc(=O)[nH]c2ccc(N3CCOCC3N3CCC(N(C)C)CC3)cc12. The van der Waals surface area contributed by atoms with Gasteiger partial charge >= 0.3 is 0 Å². The third kappa shape index (κ3) is 3.74. The predicted molar refractivity (Wildman–Crippen MR) is 110 cm³/mol. The van der Waals surface area contributed by atoms with Crippen molar-refractivity contribution in [3.8, 4) is 0 Å². The Hall–Kier alpha value is -1.89. The van der Waals surface area contributed by atoms with Gasteiger partial charge < -0.3 is 19.5 Å². The van der Waals surface area contributed by atoms with Crippen molar-refractivity contribution >= 4 is 16.6 Å². The molecule has 146 valence electrons. The number of hydrogen-bond donors (Lipinski definition) is 1. The number of nitrogens with one attached hydrogen (secondary N) is 1. The number of morpholine rings is 1. The molecule has 2 saturated heterocycles. The van der Waals surface area contributed by atoms with Crippen LogP contribution in [-0.4, -0.2) is 73.9 Å². The van der Waals surface area contributed by atoms with E-state index in [0.717, 1.165) is 49.3 Å². The van der Waals surface area contributed by atoms with Crippen LogP contribution in [0, 0.1) is 6.92 Å². The fourth-order valence-electron chi connectivity index (χ4n) is 4.48. The first-order valence-electron chi connectivity index (χ1n) is 9.91. The second kappa shape index (κ2) is 7.62. The van der Waals surface area contributed by atoms with E-state index in [1.165, 1.54) is 18.5 Å². The van der Waals surface area contributed by atoms with E-state index < -0.39 is 0 Å². The summed E-state index contributed by atoms with van der Waals surface area (Å²) < 4.78 is 5.85. The van der Waals surface area contributed by atoms with Gasteiger partial charge in [-0.25, -0.2) is 0 Å². The van der Waals surface area contributed by atoms with Gasteiger partial charge in [0.2, 0.25) is 5.56 Å². The Kier molecular flexibility index (Phi) is 5.21. The molecule has 0 radical (unpaired) electrons. The first-order valence-corrected chi connectivity index (χ1v) is 9.91. The highest BCUT2D eigenvalue weighted by molar-refractivity contribution is 5.85. The molecule has 1 aromatic carbocycles. The molecular formula is C21H30N4O2. The summed E-state index contributed by atoms with van der Waals surface area (Å²) in [4.78, 5) is 22.1. The van der Waals surface area contributed by atoms with Crippen molar-refractivity contribution in [2.75, 3.05) is 51.8 Å². The molecule has 2 aliphatic heterocycles. The largest absolute Gasteiger partial charge is 0.376 e. The highest BCUT2D eigenvalue weighted by Crippen LogP contribution is 2.28. The Morgan fingerprint density at radius 3 is 2.67 bits per heavy atom. The zero-order valence-electron chi connectivity index (χ0n) is 16.6. The molecule has 3 heterocycles. The number of likely N-dealkylation sites (tertiary alicyclic amines) is 1. The maximum atomic E-state index is 11.7. The summed E-state index contributed by atoms with van der Waals surface area (Å²) in [6.07, 6.45) is 2.69. The van der Waals surface area contributed by atoms with Crippen LogP contribution in [0.1, 0.15) is 18.4 Å². The van der Waals surface area contributed by atoms with E-state index in [0.29, 0.717) is 6.04 Å². The number of aromatic amines is 1. The first-order chi connectivity index (χ1) is 13.0. The van der Waals surface area contributed by atoms with Crippen LogP contribution in [0.4, 0.5) is 5.69 Å². The molecule has 6 nitrogen and oxygen atoms in total. The molecule has 6 heteroatoms. The Morgan fingerprint density at radius 1 is 1.15 bits per heavy atom. The van der Waals surface area contributed by atoms with Crippen LogP contribution in [0.3, 0.4) is 0 Å². The second-order valence-electron chi connectivity index (χ2n) is 8.03. The molecule has 0 bridgehead atoms. The fraction of sp³-hybridized carbons (Fsp3) is 0.571. The number of nitrogens with zero attached hydrogens (tertiary/aromatic N) is 3. The predicted octanol–water partition coefficient (Wildman–Crippen LogP) is 2.03. The van der Waals surface area contributed by atoms with Crippen molar-refractivity contribution in [3.63, 3.8) is 0 Å². The van der Waals surface area contributed by atoms with Crippen LogP contribution in [0.25, 0.3) is 10.9 Å². The zero-order chi connectivity index (χ0) is 19.0. The minimum atomic E-state index is -0.0410. The Morgan fingerprint density at radius 2 is 1.93 bits per heavy atom. The average molecular weight is 370 g/mol. The van der Waals surface area contributed by atoms with E-state index in [1.807, 2.05) is 13.0 Å². The zero-order valence-corrected chi connectivity index (χ0v) is 16.6. The third-order valence-electron chi connectivity index (χ3n) is 6.12. The topological polar surface area (TPSA) is 51.8 Å². The van der Waals surface area contributed by atoms with Gasteiger partial charge in [0.1, 0.15) is 6.17 Å². The molecule has 1 aromatic heterocycles. The molecule has 4 rings (SSSR count). The monoisotopic (exact) mass is 370 g/mol. The van der Waals surface area contributed by atoms with Gasteiger partial charge in [-0.3, -0.25) is 9.69 Å². The summed E-state index contributed by atoms with van der Waals surface area (Å²) in [6.45, 7) is 6.61. The van der Waals surface area contributed by atoms with E-state index in [-0.39, 0.29) is 11.7 Å². The molecule has 1 N–H and O–H groups in total. The van der Waals surface area contributed by atoms with Gasteiger partial charge in [-0.2, -0.15) is 0 Å². The minimum absolute atomic E-state index is 0.0410. The molecule has 27 heavy (non-hydrogen) atoms. The quantitative estimate of drug-likeness (QED) is 0.896. The first kappa shape index (κ1) is 18.5. The Labute approximate surface area is 160 Å². The molecule has 2 aromatic rings. The van der Waals surface area contributed by atoms with Crippen LogP contribution in [0.15, 0.2) is 29.1 Å². The van der Waals surface area contributed by atoms with Crippen LogP contribution in [-0.2, 0) is 4.74 Å². The fourth-order valence-corrected chi connectivity index (χ4v) is 4.48. The third-order valence-corrected chi connectivity index (χ3v) is 6.12. The summed E-state index contributed by atoms with van der Waals surface area (Å²) in [5, 5.41) is 1.11. The van der Waals surface area contributed by atoms with Gasteiger partial charge in [0, 0.05) is 48.3 Å². The Balaban J connectivity index is 1.59. The number of H-pyrrole nitrogens is 1. The molecule has 2 aliphatic rings. The average Bonchev–Trinajstić information content (AvgIpc) is 2.68.